The summed E-state index contributed by atoms with van der Waals surface area (Å²) < 4.78 is 39.6. The van der Waals surface area contributed by atoms with Crippen molar-refractivity contribution in [3.05, 3.63) is 65.2 Å². The molecule has 0 radical (unpaired) electrons. The zero-order valence-corrected chi connectivity index (χ0v) is 18.2. The van der Waals surface area contributed by atoms with Crippen molar-refractivity contribution in [2.75, 3.05) is 18.5 Å². The Hall–Kier alpha value is -3.70. The number of pyridine rings is 1. The highest BCUT2D eigenvalue weighted by Gasteiger charge is 2.43. The number of carbonyl (C=O) groups excluding carboxylic acids is 1. The maximum Gasteiger partial charge on any atom is 0.274 e. The molecule has 4 aromatic rings. The number of alkyl halides is 1. The number of amides is 1. The summed E-state index contributed by atoms with van der Waals surface area (Å²) in [5.41, 5.74) is 2.64. The molecule has 0 bridgehead atoms. The monoisotopic (exact) mass is 469 g/mol. The molecule has 34 heavy (non-hydrogen) atoms. The summed E-state index contributed by atoms with van der Waals surface area (Å²) >= 11 is 0. The number of hydrogen-bond donors (Lipinski definition) is 2. The first-order valence-corrected chi connectivity index (χ1v) is 10.7. The number of hydrogen-bond acceptors (Lipinski definition) is 7. The molecule has 1 aromatic carbocycles. The van der Waals surface area contributed by atoms with Crippen molar-refractivity contribution in [3.63, 3.8) is 0 Å². The first kappa shape index (κ1) is 22.1. The van der Waals surface area contributed by atoms with Crippen LogP contribution in [0.1, 0.15) is 39.8 Å². The molecular weight excluding hydrogens is 448 g/mol. The summed E-state index contributed by atoms with van der Waals surface area (Å²) in [6.45, 7) is 1.92. The molecule has 1 fully saturated rings. The summed E-state index contributed by atoms with van der Waals surface area (Å²) in [7, 11) is 0. The number of rotatable bonds is 8. The minimum Gasteiger partial charge on any atom is -0.394 e. The predicted octanol–water partition coefficient (Wildman–Crippen LogP) is 3.42. The highest BCUT2D eigenvalue weighted by molar-refractivity contribution is 6.04. The van der Waals surface area contributed by atoms with E-state index in [2.05, 4.69) is 20.4 Å². The van der Waals surface area contributed by atoms with Crippen molar-refractivity contribution in [1.29, 1.82) is 0 Å². The van der Waals surface area contributed by atoms with Crippen LogP contribution in [0, 0.1) is 12.9 Å². The lowest BCUT2D eigenvalue weighted by molar-refractivity contribution is 0.0814. The van der Waals surface area contributed by atoms with E-state index < -0.39 is 18.0 Å². The van der Waals surface area contributed by atoms with Gasteiger partial charge in [-0.2, -0.15) is 9.37 Å². The van der Waals surface area contributed by atoms with Gasteiger partial charge in [0.1, 0.15) is 17.5 Å². The number of fused-ring (bicyclic) bond motifs is 1. The lowest BCUT2D eigenvalue weighted by atomic mass is 10.1. The molecular formula is C23H21F2N5O4. The van der Waals surface area contributed by atoms with E-state index >= 15 is 0 Å². The number of nitrogens with zero attached hydrogens (tertiary/aromatic N) is 4. The van der Waals surface area contributed by atoms with Crippen LogP contribution in [0.15, 0.2) is 41.1 Å². The third-order valence-electron chi connectivity index (χ3n) is 5.57. The van der Waals surface area contributed by atoms with Gasteiger partial charge < -0.3 is 19.7 Å². The largest absolute Gasteiger partial charge is 0.394 e. The second-order valence-electron chi connectivity index (χ2n) is 8.10. The van der Waals surface area contributed by atoms with E-state index in [1.54, 1.807) is 24.3 Å². The number of aliphatic hydroxyl groups is 1. The number of aromatic nitrogens is 4. The van der Waals surface area contributed by atoms with Crippen LogP contribution in [0.3, 0.4) is 0 Å². The van der Waals surface area contributed by atoms with E-state index in [1.807, 2.05) is 6.92 Å². The molecule has 11 heteroatoms. The molecule has 176 valence electrons. The first-order valence-electron chi connectivity index (χ1n) is 10.7. The lowest BCUT2D eigenvalue weighted by Crippen LogP contribution is -2.16. The van der Waals surface area contributed by atoms with Gasteiger partial charge in [-0.15, -0.1) is 0 Å². The quantitative estimate of drug-likeness (QED) is 0.300. The zero-order valence-electron chi connectivity index (χ0n) is 18.2. The number of ether oxygens (including phenoxy) is 1. The molecule has 5 rings (SSSR count). The second-order valence-corrected chi connectivity index (χ2v) is 8.10. The molecule has 3 heterocycles. The number of halogens is 2. The van der Waals surface area contributed by atoms with Crippen LogP contribution in [0.25, 0.3) is 17.0 Å². The molecule has 1 amide bonds. The standard InChI is InChI=1S/C23H21F2N5O4/c1-12-2-3-14(21-28-23(34-29-21)15-9-16(15)24)8-17(12)27-22(32)18-10-26-20-7-13(11-33-5-4-31)6-19(25)30(18)20/h2-3,6-8,10,15-16,31H,4-5,9,11H2,1H3,(H,27,32)/t15-,16-/m0/s1. The third-order valence-corrected chi connectivity index (χ3v) is 5.57. The number of benzene rings is 1. The third kappa shape index (κ3) is 4.27. The number of aliphatic hydroxyl groups excluding tert-OH is 1. The molecule has 0 saturated heterocycles. The van der Waals surface area contributed by atoms with Crippen molar-refractivity contribution in [1.82, 2.24) is 19.5 Å². The van der Waals surface area contributed by atoms with Crippen LogP contribution in [0.5, 0.6) is 0 Å². The maximum absolute atomic E-state index is 14.8. The Labute approximate surface area is 192 Å². The molecule has 1 saturated carbocycles. The molecule has 0 aliphatic heterocycles. The Morgan fingerprint density at radius 1 is 1.35 bits per heavy atom. The predicted molar refractivity (Wildman–Crippen MR) is 117 cm³/mol. The molecule has 1 aliphatic carbocycles. The Morgan fingerprint density at radius 3 is 2.94 bits per heavy atom. The van der Waals surface area contributed by atoms with Gasteiger partial charge in [-0.05, 0) is 42.7 Å². The van der Waals surface area contributed by atoms with Crippen LogP contribution in [0.2, 0.25) is 0 Å². The van der Waals surface area contributed by atoms with Crippen molar-refractivity contribution in [2.45, 2.75) is 32.0 Å². The average molecular weight is 469 g/mol. The Kier molecular flexibility index (Phi) is 5.80. The molecule has 2 atom stereocenters. The summed E-state index contributed by atoms with van der Waals surface area (Å²) in [5.74, 6) is -1.02. The van der Waals surface area contributed by atoms with E-state index in [4.69, 9.17) is 14.4 Å². The fourth-order valence-electron chi connectivity index (χ4n) is 3.62. The molecule has 9 nitrogen and oxygen atoms in total. The van der Waals surface area contributed by atoms with Crippen LogP contribution in [0.4, 0.5) is 14.5 Å². The van der Waals surface area contributed by atoms with Gasteiger partial charge in [0, 0.05) is 11.3 Å². The van der Waals surface area contributed by atoms with Crippen LogP contribution >= 0.6 is 0 Å². The number of nitrogens with one attached hydrogen (secondary N) is 1. The average Bonchev–Trinajstić information content (AvgIpc) is 3.20. The smallest absolute Gasteiger partial charge is 0.274 e. The van der Waals surface area contributed by atoms with Gasteiger partial charge in [0.25, 0.3) is 5.91 Å². The summed E-state index contributed by atoms with van der Waals surface area (Å²) in [4.78, 5) is 21.4. The Balaban J connectivity index is 1.38. The van der Waals surface area contributed by atoms with Gasteiger partial charge in [0.15, 0.2) is 5.95 Å². The van der Waals surface area contributed by atoms with E-state index in [-0.39, 0.29) is 43.0 Å². The first-order chi connectivity index (χ1) is 16.4. The van der Waals surface area contributed by atoms with Gasteiger partial charge in [0.2, 0.25) is 11.7 Å². The molecule has 0 unspecified atom stereocenters. The molecule has 2 N–H and O–H groups in total. The van der Waals surface area contributed by atoms with Crippen molar-refractivity contribution in [2.24, 2.45) is 0 Å². The topological polar surface area (TPSA) is 115 Å². The lowest BCUT2D eigenvalue weighted by Gasteiger charge is -2.10. The van der Waals surface area contributed by atoms with Crippen LogP contribution in [-0.2, 0) is 11.3 Å². The van der Waals surface area contributed by atoms with Gasteiger partial charge in [0.05, 0.1) is 31.9 Å². The number of carbonyl (C=O) groups is 1. The second kappa shape index (κ2) is 8.92. The van der Waals surface area contributed by atoms with Crippen LogP contribution in [-0.4, -0.2) is 49.9 Å². The van der Waals surface area contributed by atoms with Crippen LogP contribution < -0.4 is 5.32 Å². The van der Waals surface area contributed by atoms with Crippen molar-refractivity contribution in [3.8, 4) is 11.4 Å². The van der Waals surface area contributed by atoms with E-state index in [1.165, 1.54) is 12.3 Å². The SMILES string of the molecule is Cc1ccc(-c2noc([C@H]3C[C@@H]3F)n2)cc1NC(=O)c1cnc2cc(COCCO)cc(F)n12. The number of anilines is 1. The van der Waals surface area contributed by atoms with Gasteiger partial charge in [-0.1, -0.05) is 17.3 Å². The minimum atomic E-state index is -0.948. The van der Waals surface area contributed by atoms with Crippen molar-refractivity contribution < 1.29 is 27.9 Å². The highest BCUT2D eigenvalue weighted by atomic mass is 19.1. The van der Waals surface area contributed by atoms with E-state index in [0.717, 1.165) is 9.96 Å². The summed E-state index contributed by atoms with van der Waals surface area (Å²) in [6.07, 6.45) is 0.722. The summed E-state index contributed by atoms with van der Waals surface area (Å²) in [6, 6.07) is 8.10. The fourth-order valence-corrected chi connectivity index (χ4v) is 3.62. The maximum atomic E-state index is 14.8. The minimum absolute atomic E-state index is 0.0182. The summed E-state index contributed by atoms with van der Waals surface area (Å²) in [5, 5.41) is 15.5. The van der Waals surface area contributed by atoms with Gasteiger partial charge in [-0.3, -0.25) is 9.20 Å². The van der Waals surface area contributed by atoms with Gasteiger partial charge >= 0.3 is 0 Å². The van der Waals surface area contributed by atoms with Crippen molar-refractivity contribution >= 4 is 17.2 Å². The Morgan fingerprint density at radius 2 is 2.18 bits per heavy atom. The van der Waals surface area contributed by atoms with Gasteiger partial charge in [-0.25, -0.2) is 9.37 Å². The molecule has 1 aliphatic rings. The van der Waals surface area contributed by atoms with E-state index in [0.29, 0.717) is 29.1 Å². The number of aryl methyl sites for hydroxylation is 1. The molecule has 3 aromatic heterocycles. The fraction of sp³-hybridized carbons (Fsp3) is 0.304. The van der Waals surface area contributed by atoms with E-state index in [9.17, 15) is 13.6 Å². The zero-order chi connectivity index (χ0) is 23.8. The normalized spacial score (nSPS) is 17.3. The molecule has 0 spiro atoms. The number of imidazole rings is 1. The highest BCUT2D eigenvalue weighted by Crippen LogP contribution is 2.43. The Bertz CT molecular complexity index is 1370.